The van der Waals surface area contributed by atoms with Gasteiger partial charge in [0.15, 0.2) is 5.78 Å². The highest BCUT2D eigenvalue weighted by Gasteiger charge is 2.16. The first-order chi connectivity index (χ1) is 8.79. The molecule has 18 heavy (non-hydrogen) atoms. The van der Waals surface area contributed by atoms with Crippen molar-refractivity contribution < 1.29 is 9.53 Å². The highest BCUT2D eigenvalue weighted by molar-refractivity contribution is 8.00. The molecule has 4 heteroatoms. The summed E-state index contributed by atoms with van der Waals surface area (Å²) in [7, 11) is 0. The maximum atomic E-state index is 11.9. The smallest absolute Gasteiger partial charge is 0.172 e. The van der Waals surface area contributed by atoms with Crippen molar-refractivity contribution >= 4 is 17.5 Å². The first-order valence-electron chi connectivity index (χ1n) is 6.02. The second kappa shape index (κ2) is 6.58. The predicted octanol–water partition coefficient (Wildman–Crippen LogP) is 2.65. The van der Waals surface area contributed by atoms with Gasteiger partial charge in [-0.05, 0) is 25.0 Å². The predicted molar refractivity (Wildman–Crippen MR) is 71.8 cm³/mol. The van der Waals surface area contributed by atoms with E-state index in [4.69, 9.17) is 10.00 Å². The van der Waals surface area contributed by atoms with E-state index in [2.05, 4.69) is 0 Å². The Morgan fingerprint density at radius 3 is 2.83 bits per heavy atom. The van der Waals surface area contributed by atoms with Gasteiger partial charge in [-0.3, -0.25) is 4.79 Å². The number of nitrogens with zero attached hydrogens (tertiary/aromatic N) is 1. The van der Waals surface area contributed by atoms with Crippen LogP contribution in [0.25, 0.3) is 0 Å². The van der Waals surface area contributed by atoms with Gasteiger partial charge in [0.2, 0.25) is 0 Å². The summed E-state index contributed by atoms with van der Waals surface area (Å²) in [6.07, 6.45) is 2.57. The number of carbonyl (C=O) groups excluding carboxylic acids is 1. The molecular formula is C14H15NO2S. The van der Waals surface area contributed by atoms with Crippen LogP contribution in [0.1, 0.15) is 28.8 Å². The van der Waals surface area contributed by atoms with Crippen molar-refractivity contribution in [1.29, 1.82) is 5.26 Å². The quantitative estimate of drug-likeness (QED) is 0.765. The summed E-state index contributed by atoms with van der Waals surface area (Å²) in [5.41, 5.74) is 1.26. The maximum Gasteiger partial charge on any atom is 0.172 e. The number of nitriles is 1. The molecule has 0 aliphatic carbocycles. The molecule has 2 rings (SSSR count). The first kappa shape index (κ1) is 13.1. The largest absolute Gasteiger partial charge is 0.377 e. The van der Waals surface area contributed by atoms with Gasteiger partial charge in [-0.2, -0.15) is 17.0 Å². The van der Waals surface area contributed by atoms with Crippen LogP contribution in [-0.2, 0) is 4.74 Å². The standard InChI is InChI=1S/C14H15NO2S/c15-8-11-3-5-12(6-4-11)14(16)10-18-9-13-2-1-7-17-13/h3-6,13H,1-2,7,9-10H2. The number of ether oxygens (including phenoxy) is 1. The number of Topliss-reactive ketones (excluding diaryl/α,β-unsaturated/α-hetero) is 1. The van der Waals surface area contributed by atoms with Crippen LogP contribution in [-0.4, -0.2) is 30.0 Å². The lowest BCUT2D eigenvalue weighted by Crippen LogP contribution is -2.11. The number of hydrogen-bond acceptors (Lipinski definition) is 4. The van der Waals surface area contributed by atoms with Crippen LogP contribution in [0.5, 0.6) is 0 Å². The van der Waals surface area contributed by atoms with Crippen molar-refractivity contribution in [1.82, 2.24) is 0 Å². The van der Waals surface area contributed by atoms with Gasteiger partial charge in [0, 0.05) is 17.9 Å². The van der Waals surface area contributed by atoms with E-state index in [1.807, 2.05) is 6.07 Å². The van der Waals surface area contributed by atoms with Crippen molar-refractivity contribution in [3.8, 4) is 6.07 Å². The van der Waals surface area contributed by atoms with Gasteiger partial charge in [-0.25, -0.2) is 0 Å². The molecule has 94 valence electrons. The van der Waals surface area contributed by atoms with E-state index >= 15 is 0 Å². The lowest BCUT2D eigenvalue weighted by molar-refractivity contribution is 0.102. The number of thioether (sulfide) groups is 1. The van der Waals surface area contributed by atoms with Gasteiger partial charge in [0.1, 0.15) is 0 Å². The van der Waals surface area contributed by atoms with E-state index in [0.29, 0.717) is 23.0 Å². The Kier molecular flexibility index (Phi) is 4.80. The molecule has 0 radical (unpaired) electrons. The fraction of sp³-hybridized carbons (Fsp3) is 0.429. The molecule has 1 aromatic rings. The average Bonchev–Trinajstić information content (AvgIpc) is 2.92. The summed E-state index contributed by atoms with van der Waals surface area (Å²) in [4.78, 5) is 11.9. The Morgan fingerprint density at radius 2 is 2.22 bits per heavy atom. The lowest BCUT2D eigenvalue weighted by Gasteiger charge is -2.07. The minimum Gasteiger partial charge on any atom is -0.377 e. The second-order valence-corrected chi connectivity index (χ2v) is 5.29. The van der Waals surface area contributed by atoms with Gasteiger partial charge in [0.05, 0.1) is 23.5 Å². The van der Waals surface area contributed by atoms with E-state index in [1.165, 1.54) is 0 Å². The monoisotopic (exact) mass is 261 g/mol. The molecule has 1 fully saturated rings. The molecule has 0 amide bonds. The molecule has 1 atom stereocenters. The number of hydrogen-bond donors (Lipinski definition) is 0. The zero-order chi connectivity index (χ0) is 12.8. The number of carbonyl (C=O) groups is 1. The third-order valence-electron chi connectivity index (χ3n) is 2.90. The Bertz CT molecular complexity index is 444. The SMILES string of the molecule is N#Cc1ccc(C(=O)CSCC2CCCO2)cc1. The fourth-order valence-corrected chi connectivity index (χ4v) is 2.87. The van der Waals surface area contributed by atoms with Crippen LogP contribution >= 0.6 is 11.8 Å². The van der Waals surface area contributed by atoms with Crippen molar-refractivity contribution in [2.75, 3.05) is 18.1 Å². The Labute approximate surface area is 111 Å². The molecule has 1 unspecified atom stereocenters. The zero-order valence-corrected chi connectivity index (χ0v) is 10.9. The summed E-state index contributed by atoms with van der Waals surface area (Å²) in [5, 5.41) is 8.68. The van der Waals surface area contributed by atoms with E-state index in [-0.39, 0.29) is 5.78 Å². The lowest BCUT2D eigenvalue weighted by atomic mass is 10.1. The number of ketones is 1. The fourth-order valence-electron chi connectivity index (χ4n) is 1.87. The third-order valence-corrected chi connectivity index (χ3v) is 3.97. The van der Waals surface area contributed by atoms with Gasteiger partial charge >= 0.3 is 0 Å². The molecule has 1 aliphatic rings. The Hall–Kier alpha value is -1.31. The minimum atomic E-state index is 0.113. The highest BCUT2D eigenvalue weighted by Crippen LogP contribution is 2.18. The molecular weight excluding hydrogens is 246 g/mol. The van der Waals surface area contributed by atoms with Crippen molar-refractivity contribution in [3.05, 3.63) is 35.4 Å². The minimum absolute atomic E-state index is 0.113. The molecule has 0 N–H and O–H groups in total. The van der Waals surface area contributed by atoms with E-state index in [0.717, 1.165) is 25.2 Å². The maximum absolute atomic E-state index is 11.9. The summed E-state index contributed by atoms with van der Waals surface area (Å²) in [5.74, 6) is 1.48. The van der Waals surface area contributed by atoms with Crippen molar-refractivity contribution in [2.24, 2.45) is 0 Å². The summed E-state index contributed by atoms with van der Waals surface area (Å²) >= 11 is 1.62. The van der Waals surface area contributed by atoms with E-state index < -0.39 is 0 Å². The van der Waals surface area contributed by atoms with Crippen LogP contribution in [0.2, 0.25) is 0 Å². The third kappa shape index (κ3) is 3.59. The van der Waals surface area contributed by atoms with Crippen LogP contribution in [0.3, 0.4) is 0 Å². The summed E-state index contributed by atoms with van der Waals surface area (Å²) in [6.45, 7) is 0.856. The molecule has 1 aromatic carbocycles. The van der Waals surface area contributed by atoms with Crippen LogP contribution in [0, 0.1) is 11.3 Å². The molecule has 1 saturated heterocycles. The average molecular weight is 261 g/mol. The Balaban J connectivity index is 1.78. The highest BCUT2D eigenvalue weighted by atomic mass is 32.2. The first-order valence-corrected chi connectivity index (χ1v) is 7.18. The topological polar surface area (TPSA) is 50.1 Å². The second-order valence-electron chi connectivity index (χ2n) is 4.26. The van der Waals surface area contributed by atoms with Crippen LogP contribution in [0.15, 0.2) is 24.3 Å². The van der Waals surface area contributed by atoms with Gasteiger partial charge in [-0.15, -0.1) is 0 Å². The number of rotatable bonds is 5. The Morgan fingerprint density at radius 1 is 1.44 bits per heavy atom. The molecule has 3 nitrogen and oxygen atoms in total. The van der Waals surface area contributed by atoms with Gasteiger partial charge < -0.3 is 4.74 Å². The van der Waals surface area contributed by atoms with E-state index in [1.54, 1.807) is 36.0 Å². The van der Waals surface area contributed by atoms with Crippen molar-refractivity contribution in [2.45, 2.75) is 18.9 Å². The van der Waals surface area contributed by atoms with Crippen LogP contribution in [0.4, 0.5) is 0 Å². The van der Waals surface area contributed by atoms with E-state index in [9.17, 15) is 4.79 Å². The van der Waals surface area contributed by atoms with Gasteiger partial charge in [-0.1, -0.05) is 12.1 Å². The summed E-state index contributed by atoms with van der Waals surface area (Å²) < 4.78 is 5.50. The van der Waals surface area contributed by atoms with Crippen molar-refractivity contribution in [3.63, 3.8) is 0 Å². The zero-order valence-electron chi connectivity index (χ0n) is 10.1. The molecule has 0 aromatic heterocycles. The summed E-state index contributed by atoms with van der Waals surface area (Å²) in [6, 6.07) is 8.83. The van der Waals surface area contributed by atoms with Gasteiger partial charge in [0.25, 0.3) is 0 Å². The number of benzene rings is 1. The normalized spacial score (nSPS) is 18.5. The van der Waals surface area contributed by atoms with Crippen LogP contribution < -0.4 is 0 Å². The molecule has 0 spiro atoms. The molecule has 1 aliphatic heterocycles. The molecule has 0 bridgehead atoms. The molecule has 1 heterocycles. The molecule has 0 saturated carbocycles.